The Hall–Kier alpha value is -2.08. The Balaban J connectivity index is 2.20. The fourth-order valence-electron chi connectivity index (χ4n) is 1.82. The minimum atomic E-state index is 0.441. The summed E-state index contributed by atoms with van der Waals surface area (Å²) in [4.78, 5) is 8.70. The zero-order chi connectivity index (χ0) is 13.2. The molecule has 2 aromatic heterocycles. The molecule has 0 saturated carbocycles. The number of rotatable bonds is 3. The highest BCUT2D eigenvalue weighted by Crippen LogP contribution is 2.22. The van der Waals surface area contributed by atoms with Gasteiger partial charge in [0.15, 0.2) is 10.8 Å². The molecular formula is C13H12N4OS. The molecule has 0 amide bonds. The number of thioether (sulfide) groups is 1. The van der Waals surface area contributed by atoms with Crippen molar-refractivity contribution in [2.75, 3.05) is 13.4 Å². The molecule has 0 aliphatic rings. The van der Waals surface area contributed by atoms with Crippen molar-refractivity contribution in [3.05, 3.63) is 36.4 Å². The lowest BCUT2D eigenvalue weighted by Gasteiger charge is -2.02. The molecule has 1 aromatic carbocycles. The molecule has 0 aliphatic heterocycles. The van der Waals surface area contributed by atoms with Crippen molar-refractivity contribution in [2.45, 2.75) is 5.16 Å². The molecule has 3 aromatic rings. The van der Waals surface area contributed by atoms with Crippen molar-refractivity contribution >= 4 is 17.4 Å². The minimum Gasteiger partial charge on any atom is -0.467 e. The maximum Gasteiger partial charge on any atom is 0.321 e. The lowest BCUT2D eigenvalue weighted by atomic mass is 10.2. The molecular weight excluding hydrogens is 260 g/mol. The summed E-state index contributed by atoms with van der Waals surface area (Å²) in [5.74, 6) is 0. The SMILES string of the molecule is COc1nc(SC)nc2cc(-c3ccccc3)nn12. The molecule has 2 heterocycles. The largest absolute Gasteiger partial charge is 0.467 e. The van der Waals surface area contributed by atoms with Gasteiger partial charge in [-0.2, -0.15) is 14.6 Å². The Labute approximate surface area is 114 Å². The summed E-state index contributed by atoms with van der Waals surface area (Å²) < 4.78 is 6.87. The van der Waals surface area contributed by atoms with Gasteiger partial charge in [-0.3, -0.25) is 0 Å². The van der Waals surface area contributed by atoms with Gasteiger partial charge in [-0.05, 0) is 6.26 Å². The van der Waals surface area contributed by atoms with E-state index >= 15 is 0 Å². The first kappa shape index (κ1) is 12.0. The van der Waals surface area contributed by atoms with E-state index in [-0.39, 0.29) is 0 Å². The van der Waals surface area contributed by atoms with Crippen molar-refractivity contribution in [3.8, 4) is 17.3 Å². The second kappa shape index (κ2) is 4.89. The first-order valence-electron chi connectivity index (χ1n) is 5.73. The summed E-state index contributed by atoms with van der Waals surface area (Å²) in [5.41, 5.74) is 2.63. The van der Waals surface area contributed by atoms with Crippen molar-refractivity contribution in [3.63, 3.8) is 0 Å². The summed E-state index contributed by atoms with van der Waals surface area (Å²) in [6.45, 7) is 0. The Morgan fingerprint density at radius 3 is 2.63 bits per heavy atom. The molecule has 96 valence electrons. The van der Waals surface area contributed by atoms with Gasteiger partial charge in [-0.15, -0.1) is 0 Å². The van der Waals surface area contributed by atoms with Crippen LogP contribution in [0.4, 0.5) is 0 Å². The summed E-state index contributed by atoms with van der Waals surface area (Å²) in [7, 11) is 1.58. The Kier molecular flexibility index (Phi) is 3.08. The van der Waals surface area contributed by atoms with Gasteiger partial charge in [-0.25, -0.2) is 4.98 Å². The monoisotopic (exact) mass is 272 g/mol. The molecule has 0 saturated heterocycles. The maximum atomic E-state index is 5.26. The van der Waals surface area contributed by atoms with Crippen LogP contribution in [-0.2, 0) is 0 Å². The topological polar surface area (TPSA) is 52.3 Å². The van der Waals surface area contributed by atoms with E-state index in [0.29, 0.717) is 11.2 Å². The molecule has 0 aliphatic carbocycles. The number of hydrogen-bond acceptors (Lipinski definition) is 5. The molecule has 3 rings (SSSR count). The molecule has 0 spiro atoms. The fraction of sp³-hybridized carbons (Fsp3) is 0.154. The number of benzene rings is 1. The third-order valence-electron chi connectivity index (χ3n) is 2.71. The van der Waals surface area contributed by atoms with Crippen molar-refractivity contribution < 1.29 is 4.74 Å². The average Bonchev–Trinajstić information content (AvgIpc) is 2.91. The smallest absolute Gasteiger partial charge is 0.321 e. The Bertz CT molecular complexity index is 711. The van der Waals surface area contributed by atoms with Gasteiger partial charge < -0.3 is 4.74 Å². The van der Waals surface area contributed by atoms with Crippen LogP contribution < -0.4 is 4.74 Å². The van der Waals surface area contributed by atoms with E-state index in [1.165, 1.54) is 11.8 Å². The third-order valence-corrected chi connectivity index (χ3v) is 3.26. The molecule has 0 bridgehead atoms. The molecule has 0 atom stereocenters. The molecule has 0 unspecified atom stereocenters. The fourth-order valence-corrected chi connectivity index (χ4v) is 2.17. The maximum absolute atomic E-state index is 5.26. The van der Waals surface area contributed by atoms with Gasteiger partial charge in [0.05, 0.1) is 12.8 Å². The third kappa shape index (κ3) is 2.15. The average molecular weight is 272 g/mol. The van der Waals surface area contributed by atoms with Crippen molar-refractivity contribution in [1.29, 1.82) is 0 Å². The number of methoxy groups -OCH3 is 1. The van der Waals surface area contributed by atoms with Crippen molar-refractivity contribution in [2.24, 2.45) is 0 Å². The first-order valence-corrected chi connectivity index (χ1v) is 6.95. The molecule has 5 nitrogen and oxygen atoms in total. The van der Waals surface area contributed by atoms with Crippen LogP contribution in [0.15, 0.2) is 41.6 Å². The first-order chi connectivity index (χ1) is 9.31. The van der Waals surface area contributed by atoms with E-state index in [9.17, 15) is 0 Å². The summed E-state index contributed by atoms with van der Waals surface area (Å²) in [5, 5.41) is 5.16. The summed E-state index contributed by atoms with van der Waals surface area (Å²) >= 11 is 1.47. The number of aromatic nitrogens is 4. The number of fused-ring (bicyclic) bond motifs is 1. The zero-order valence-corrected chi connectivity index (χ0v) is 11.4. The van der Waals surface area contributed by atoms with E-state index in [1.54, 1.807) is 11.6 Å². The summed E-state index contributed by atoms with van der Waals surface area (Å²) in [6.07, 6.45) is 1.93. The number of ether oxygens (including phenoxy) is 1. The minimum absolute atomic E-state index is 0.441. The molecule has 0 radical (unpaired) electrons. The zero-order valence-electron chi connectivity index (χ0n) is 10.6. The molecule has 6 heteroatoms. The Morgan fingerprint density at radius 1 is 1.16 bits per heavy atom. The highest BCUT2D eigenvalue weighted by atomic mass is 32.2. The molecule has 0 fully saturated rings. The number of nitrogens with zero attached hydrogens (tertiary/aromatic N) is 4. The highest BCUT2D eigenvalue weighted by molar-refractivity contribution is 7.98. The van der Waals surface area contributed by atoms with Crippen LogP contribution in [0.25, 0.3) is 16.9 Å². The van der Waals surface area contributed by atoms with Gasteiger partial charge in [0.25, 0.3) is 0 Å². The summed E-state index contributed by atoms with van der Waals surface area (Å²) in [6, 6.07) is 12.3. The van der Waals surface area contributed by atoms with Gasteiger partial charge in [0.1, 0.15) is 0 Å². The van der Waals surface area contributed by atoms with E-state index in [2.05, 4.69) is 15.1 Å². The van der Waals surface area contributed by atoms with Crippen LogP contribution in [0.5, 0.6) is 6.01 Å². The molecule has 19 heavy (non-hydrogen) atoms. The highest BCUT2D eigenvalue weighted by Gasteiger charge is 2.11. The normalized spacial score (nSPS) is 10.8. The predicted octanol–water partition coefficient (Wildman–Crippen LogP) is 2.52. The van der Waals surface area contributed by atoms with Crippen LogP contribution in [0.3, 0.4) is 0 Å². The number of hydrogen-bond donors (Lipinski definition) is 0. The second-order valence-corrected chi connectivity index (χ2v) is 4.64. The lowest BCUT2D eigenvalue weighted by molar-refractivity contribution is 0.360. The lowest BCUT2D eigenvalue weighted by Crippen LogP contribution is -2.02. The Morgan fingerprint density at radius 2 is 1.95 bits per heavy atom. The van der Waals surface area contributed by atoms with Gasteiger partial charge in [0.2, 0.25) is 0 Å². The standard InChI is InChI=1S/C13H12N4OS/c1-18-13-15-12(19-2)14-11-8-10(16-17(11)13)9-6-4-3-5-7-9/h3-8H,1-2H3. The van der Waals surface area contributed by atoms with Crippen LogP contribution in [0.2, 0.25) is 0 Å². The van der Waals surface area contributed by atoms with Crippen LogP contribution in [0.1, 0.15) is 0 Å². The molecule has 0 N–H and O–H groups in total. The van der Waals surface area contributed by atoms with E-state index in [1.807, 2.05) is 42.7 Å². The quantitative estimate of drug-likeness (QED) is 0.686. The predicted molar refractivity (Wildman–Crippen MR) is 74.6 cm³/mol. The van der Waals surface area contributed by atoms with Gasteiger partial charge in [-0.1, -0.05) is 42.1 Å². The van der Waals surface area contributed by atoms with Crippen molar-refractivity contribution in [1.82, 2.24) is 19.6 Å². The van der Waals surface area contributed by atoms with Crippen LogP contribution in [0, 0.1) is 0 Å². The van der Waals surface area contributed by atoms with Gasteiger partial charge in [0, 0.05) is 11.6 Å². The van der Waals surface area contributed by atoms with Crippen LogP contribution in [-0.4, -0.2) is 32.9 Å². The van der Waals surface area contributed by atoms with E-state index in [0.717, 1.165) is 16.9 Å². The second-order valence-electron chi connectivity index (χ2n) is 3.86. The van der Waals surface area contributed by atoms with Crippen LogP contribution >= 0.6 is 11.8 Å². The van der Waals surface area contributed by atoms with E-state index < -0.39 is 0 Å². The van der Waals surface area contributed by atoms with E-state index in [4.69, 9.17) is 4.74 Å². The van der Waals surface area contributed by atoms with Gasteiger partial charge >= 0.3 is 6.01 Å².